The SMILES string of the molecule is Cc1cccc(N2CCN(C(=O)NC3CCS(=O)(=O)C3)CC2)c1. The number of aryl methyl sites for hydroxylation is 1. The van der Waals surface area contributed by atoms with E-state index in [0.717, 1.165) is 13.1 Å². The van der Waals surface area contributed by atoms with Crippen molar-refractivity contribution in [2.24, 2.45) is 0 Å². The van der Waals surface area contributed by atoms with Gasteiger partial charge in [-0.3, -0.25) is 0 Å². The van der Waals surface area contributed by atoms with Crippen LogP contribution in [0.25, 0.3) is 0 Å². The van der Waals surface area contributed by atoms with Crippen molar-refractivity contribution in [1.82, 2.24) is 10.2 Å². The molecular formula is C16H23N3O3S. The van der Waals surface area contributed by atoms with Crippen LogP contribution in [0.4, 0.5) is 10.5 Å². The van der Waals surface area contributed by atoms with Gasteiger partial charge in [-0.25, -0.2) is 13.2 Å². The number of nitrogens with zero attached hydrogens (tertiary/aromatic N) is 2. The zero-order valence-electron chi connectivity index (χ0n) is 13.4. The van der Waals surface area contributed by atoms with Gasteiger partial charge >= 0.3 is 6.03 Å². The molecule has 1 N–H and O–H groups in total. The summed E-state index contributed by atoms with van der Waals surface area (Å²) in [7, 11) is -2.96. The number of urea groups is 1. The summed E-state index contributed by atoms with van der Waals surface area (Å²) in [4.78, 5) is 16.3. The smallest absolute Gasteiger partial charge is 0.317 e. The van der Waals surface area contributed by atoms with Gasteiger partial charge in [-0.2, -0.15) is 0 Å². The first-order valence-electron chi connectivity index (χ1n) is 8.00. The van der Waals surface area contributed by atoms with Crippen molar-refractivity contribution in [3.63, 3.8) is 0 Å². The van der Waals surface area contributed by atoms with Gasteiger partial charge in [0.2, 0.25) is 0 Å². The van der Waals surface area contributed by atoms with Gasteiger partial charge in [0.1, 0.15) is 0 Å². The Morgan fingerprint density at radius 3 is 2.57 bits per heavy atom. The number of piperazine rings is 1. The molecule has 1 unspecified atom stereocenters. The Hall–Kier alpha value is -1.76. The monoisotopic (exact) mass is 337 g/mol. The van der Waals surface area contributed by atoms with E-state index in [-0.39, 0.29) is 23.6 Å². The van der Waals surface area contributed by atoms with E-state index < -0.39 is 9.84 Å². The molecule has 0 aliphatic carbocycles. The summed E-state index contributed by atoms with van der Waals surface area (Å²) in [6, 6.07) is 7.98. The third kappa shape index (κ3) is 3.96. The predicted octanol–water partition coefficient (Wildman–Crippen LogP) is 1.01. The van der Waals surface area contributed by atoms with E-state index >= 15 is 0 Å². The molecule has 2 saturated heterocycles. The van der Waals surface area contributed by atoms with Crippen LogP contribution in [0, 0.1) is 6.92 Å². The van der Waals surface area contributed by atoms with Gasteiger partial charge in [0.15, 0.2) is 9.84 Å². The molecule has 0 saturated carbocycles. The molecule has 0 spiro atoms. The van der Waals surface area contributed by atoms with Crippen LogP contribution in [0.3, 0.4) is 0 Å². The fourth-order valence-electron chi connectivity index (χ4n) is 3.17. The molecule has 0 aromatic heterocycles. The number of amides is 2. The molecule has 2 amide bonds. The summed E-state index contributed by atoms with van der Waals surface area (Å²) in [6.07, 6.45) is 0.525. The van der Waals surface area contributed by atoms with Gasteiger partial charge < -0.3 is 15.1 Å². The molecule has 2 aliphatic heterocycles. The first kappa shape index (κ1) is 16.1. The van der Waals surface area contributed by atoms with E-state index in [1.54, 1.807) is 4.90 Å². The topological polar surface area (TPSA) is 69.7 Å². The summed E-state index contributed by atoms with van der Waals surface area (Å²) in [5.74, 6) is 0.251. The second-order valence-corrected chi connectivity index (χ2v) is 8.59. The van der Waals surface area contributed by atoms with Crippen LogP contribution in [0.2, 0.25) is 0 Å². The van der Waals surface area contributed by atoms with Crippen LogP contribution in [0.5, 0.6) is 0 Å². The van der Waals surface area contributed by atoms with Crippen molar-refractivity contribution in [3.8, 4) is 0 Å². The van der Waals surface area contributed by atoms with Gasteiger partial charge in [-0.05, 0) is 31.0 Å². The van der Waals surface area contributed by atoms with E-state index in [0.29, 0.717) is 19.5 Å². The Morgan fingerprint density at radius 2 is 1.96 bits per heavy atom. The average molecular weight is 337 g/mol. The van der Waals surface area contributed by atoms with E-state index in [4.69, 9.17) is 0 Å². The van der Waals surface area contributed by atoms with E-state index in [1.807, 2.05) is 6.07 Å². The number of anilines is 1. The molecule has 2 fully saturated rings. The van der Waals surface area contributed by atoms with Crippen LogP contribution in [-0.4, -0.2) is 63.1 Å². The van der Waals surface area contributed by atoms with E-state index in [9.17, 15) is 13.2 Å². The molecule has 7 heteroatoms. The molecule has 3 rings (SSSR count). The second-order valence-electron chi connectivity index (χ2n) is 6.36. The number of hydrogen-bond acceptors (Lipinski definition) is 4. The van der Waals surface area contributed by atoms with E-state index in [2.05, 4.69) is 35.3 Å². The lowest BCUT2D eigenvalue weighted by molar-refractivity contribution is 0.191. The van der Waals surface area contributed by atoms with E-state index in [1.165, 1.54) is 11.3 Å². The van der Waals surface area contributed by atoms with Crippen molar-refractivity contribution >= 4 is 21.6 Å². The summed E-state index contributed by atoms with van der Waals surface area (Å²) < 4.78 is 22.9. The summed E-state index contributed by atoms with van der Waals surface area (Å²) in [6.45, 7) is 4.96. The van der Waals surface area contributed by atoms with Crippen LogP contribution < -0.4 is 10.2 Å². The van der Waals surface area contributed by atoms with Crippen LogP contribution in [0.15, 0.2) is 24.3 Å². The molecule has 126 valence electrons. The van der Waals surface area contributed by atoms with Crippen LogP contribution in [-0.2, 0) is 9.84 Å². The molecule has 1 atom stereocenters. The lowest BCUT2D eigenvalue weighted by atomic mass is 10.2. The molecule has 0 radical (unpaired) electrons. The highest BCUT2D eigenvalue weighted by atomic mass is 32.2. The van der Waals surface area contributed by atoms with Crippen molar-refractivity contribution in [2.45, 2.75) is 19.4 Å². The Morgan fingerprint density at radius 1 is 1.22 bits per heavy atom. The molecule has 1 aromatic carbocycles. The highest BCUT2D eigenvalue weighted by Gasteiger charge is 2.30. The number of carbonyl (C=O) groups is 1. The first-order valence-corrected chi connectivity index (χ1v) is 9.82. The molecule has 2 aliphatic rings. The van der Waals surface area contributed by atoms with Gasteiger partial charge in [0.25, 0.3) is 0 Å². The maximum Gasteiger partial charge on any atom is 0.317 e. The zero-order chi connectivity index (χ0) is 16.4. The van der Waals surface area contributed by atoms with Gasteiger partial charge in [-0.15, -0.1) is 0 Å². The largest absolute Gasteiger partial charge is 0.368 e. The van der Waals surface area contributed by atoms with Crippen LogP contribution in [0.1, 0.15) is 12.0 Å². The van der Waals surface area contributed by atoms with Gasteiger partial charge in [0, 0.05) is 37.9 Å². The number of sulfone groups is 1. The summed E-state index contributed by atoms with van der Waals surface area (Å²) in [5.41, 5.74) is 2.41. The fourth-order valence-corrected chi connectivity index (χ4v) is 4.84. The van der Waals surface area contributed by atoms with Crippen molar-refractivity contribution in [2.75, 3.05) is 42.6 Å². The number of benzene rings is 1. The molecule has 0 bridgehead atoms. The Kier molecular flexibility index (Phi) is 4.48. The summed E-state index contributed by atoms with van der Waals surface area (Å²) >= 11 is 0. The lowest BCUT2D eigenvalue weighted by Gasteiger charge is -2.36. The third-order valence-electron chi connectivity index (χ3n) is 4.49. The minimum Gasteiger partial charge on any atom is -0.368 e. The van der Waals surface area contributed by atoms with Crippen molar-refractivity contribution in [3.05, 3.63) is 29.8 Å². The Labute approximate surface area is 137 Å². The quantitative estimate of drug-likeness (QED) is 0.875. The first-order chi connectivity index (χ1) is 10.9. The predicted molar refractivity (Wildman–Crippen MR) is 90.6 cm³/mol. The molecule has 23 heavy (non-hydrogen) atoms. The highest BCUT2D eigenvalue weighted by molar-refractivity contribution is 7.91. The minimum atomic E-state index is -2.96. The maximum absolute atomic E-state index is 12.3. The third-order valence-corrected chi connectivity index (χ3v) is 6.26. The molecule has 1 aromatic rings. The minimum absolute atomic E-state index is 0.0714. The number of rotatable bonds is 2. The van der Waals surface area contributed by atoms with Crippen molar-refractivity contribution < 1.29 is 13.2 Å². The fraction of sp³-hybridized carbons (Fsp3) is 0.562. The molecular weight excluding hydrogens is 314 g/mol. The zero-order valence-corrected chi connectivity index (χ0v) is 14.2. The summed E-state index contributed by atoms with van der Waals surface area (Å²) in [5, 5.41) is 2.86. The van der Waals surface area contributed by atoms with Crippen molar-refractivity contribution in [1.29, 1.82) is 0 Å². The van der Waals surface area contributed by atoms with Crippen LogP contribution >= 0.6 is 0 Å². The normalized spacial score (nSPS) is 23.8. The average Bonchev–Trinajstić information content (AvgIpc) is 2.86. The standard InChI is InChI=1S/C16H23N3O3S/c1-13-3-2-4-15(11-13)18-6-8-19(9-7-18)16(20)17-14-5-10-23(21,22)12-14/h2-4,11,14H,5-10,12H2,1H3,(H,17,20). The lowest BCUT2D eigenvalue weighted by Crippen LogP contribution is -2.53. The Bertz CT molecular complexity index is 682. The second kappa shape index (κ2) is 6.39. The molecule has 6 nitrogen and oxygen atoms in total. The molecule has 2 heterocycles. The van der Waals surface area contributed by atoms with Gasteiger partial charge in [-0.1, -0.05) is 12.1 Å². The maximum atomic E-state index is 12.3. The Balaban J connectivity index is 1.51. The number of nitrogens with one attached hydrogen (secondary N) is 1. The van der Waals surface area contributed by atoms with Gasteiger partial charge in [0.05, 0.1) is 11.5 Å². The highest BCUT2D eigenvalue weighted by Crippen LogP contribution is 2.18. The number of carbonyl (C=O) groups excluding carboxylic acids is 1. The number of hydrogen-bond donors (Lipinski definition) is 1.